The molecule has 0 saturated carbocycles. The van der Waals surface area contributed by atoms with E-state index < -0.39 is 0 Å². The predicted molar refractivity (Wildman–Crippen MR) is 60.2 cm³/mol. The average molecular weight is 195 g/mol. The topological polar surface area (TPSA) is 12.5 Å². The Hall–Kier alpha value is -0.760. The number of hydrogen-bond acceptors (Lipinski definition) is 2. The molecule has 2 nitrogen and oxygen atoms in total. The summed E-state index contributed by atoms with van der Waals surface area (Å²) in [6.45, 7) is 7.86. The van der Waals surface area contributed by atoms with Crippen molar-refractivity contribution < 1.29 is 4.74 Å². The fraction of sp³-hybridized carbons (Fsp3) is 0.667. The van der Waals surface area contributed by atoms with Gasteiger partial charge in [0.05, 0.1) is 13.2 Å². The Balaban J connectivity index is 0.000000461. The fourth-order valence-electron chi connectivity index (χ4n) is 1.66. The van der Waals surface area contributed by atoms with E-state index in [1.807, 2.05) is 13.8 Å². The van der Waals surface area contributed by atoms with Crippen molar-refractivity contribution in [1.82, 2.24) is 4.90 Å². The van der Waals surface area contributed by atoms with Crippen molar-refractivity contribution in [2.45, 2.75) is 26.7 Å². The summed E-state index contributed by atoms with van der Waals surface area (Å²) in [5.74, 6) is 0. The summed E-state index contributed by atoms with van der Waals surface area (Å²) < 4.78 is 5.30. The first-order valence-electron chi connectivity index (χ1n) is 5.66. The zero-order valence-electron chi connectivity index (χ0n) is 9.33. The first-order valence-corrected chi connectivity index (χ1v) is 5.66. The number of hydrogen-bond donors (Lipinski definition) is 0. The lowest BCUT2D eigenvalue weighted by molar-refractivity contribution is 0.0551. The Morgan fingerprint density at radius 3 is 2.43 bits per heavy atom. The van der Waals surface area contributed by atoms with E-state index in [-0.39, 0.29) is 0 Å². The highest BCUT2D eigenvalue weighted by Gasteiger charge is 2.11. The predicted octanol–water partition coefficient (Wildman–Crippen LogP) is 2.58. The van der Waals surface area contributed by atoms with Gasteiger partial charge in [-0.2, -0.15) is 0 Å². The summed E-state index contributed by atoms with van der Waals surface area (Å²) in [7, 11) is 0. The third-order valence-electron chi connectivity index (χ3n) is 2.35. The molecule has 0 spiro atoms. The fourth-order valence-corrected chi connectivity index (χ4v) is 1.66. The van der Waals surface area contributed by atoms with Crippen LogP contribution in [0.3, 0.4) is 0 Å². The van der Waals surface area contributed by atoms with Crippen LogP contribution < -0.4 is 0 Å². The second kappa shape index (κ2) is 6.66. The maximum atomic E-state index is 5.30. The largest absolute Gasteiger partial charge is 0.378 e. The van der Waals surface area contributed by atoms with Gasteiger partial charge in [0.2, 0.25) is 0 Å². The van der Waals surface area contributed by atoms with Crippen molar-refractivity contribution in [3.05, 3.63) is 23.9 Å². The summed E-state index contributed by atoms with van der Waals surface area (Å²) in [5.41, 5.74) is 1.39. The highest BCUT2D eigenvalue weighted by molar-refractivity contribution is 5.21. The van der Waals surface area contributed by atoms with E-state index in [1.165, 1.54) is 18.5 Å². The van der Waals surface area contributed by atoms with Crippen LogP contribution in [0.2, 0.25) is 0 Å². The molecule has 0 unspecified atom stereocenters. The van der Waals surface area contributed by atoms with Crippen LogP contribution in [-0.2, 0) is 4.74 Å². The van der Waals surface area contributed by atoms with Gasteiger partial charge >= 0.3 is 0 Å². The van der Waals surface area contributed by atoms with E-state index in [2.05, 4.69) is 23.1 Å². The van der Waals surface area contributed by atoms with Gasteiger partial charge in [-0.25, -0.2) is 0 Å². The minimum absolute atomic E-state index is 0.880. The normalized spacial score (nSPS) is 21.0. The van der Waals surface area contributed by atoms with Crippen LogP contribution in [-0.4, -0.2) is 31.2 Å². The van der Waals surface area contributed by atoms with Gasteiger partial charge in [-0.3, -0.25) is 0 Å². The summed E-state index contributed by atoms with van der Waals surface area (Å²) in [5, 5.41) is 0. The summed E-state index contributed by atoms with van der Waals surface area (Å²) >= 11 is 0. The zero-order valence-corrected chi connectivity index (χ0v) is 9.33. The molecule has 0 bridgehead atoms. The van der Waals surface area contributed by atoms with Crippen molar-refractivity contribution in [2.24, 2.45) is 0 Å². The Kier molecular flexibility index (Phi) is 5.38. The average Bonchev–Trinajstić information content (AvgIpc) is 2.34. The van der Waals surface area contributed by atoms with Gasteiger partial charge in [0.15, 0.2) is 0 Å². The summed E-state index contributed by atoms with van der Waals surface area (Å²) in [4.78, 5) is 2.40. The maximum absolute atomic E-state index is 5.30. The molecule has 0 aromatic heterocycles. The van der Waals surface area contributed by atoms with Crippen LogP contribution in [0, 0.1) is 0 Å². The van der Waals surface area contributed by atoms with Gasteiger partial charge in [-0.1, -0.05) is 26.0 Å². The number of nitrogens with zero attached hydrogens (tertiary/aromatic N) is 1. The number of ether oxygens (including phenoxy) is 1. The molecule has 1 aliphatic carbocycles. The lowest BCUT2D eigenvalue weighted by Crippen LogP contribution is -2.35. The quantitative estimate of drug-likeness (QED) is 0.637. The minimum Gasteiger partial charge on any atom is -0.378 e. The van der Waals surface area contributed by atoms with E-state index in [0.717, 1.165) is 26.3 Å². The molecule has 1 fully saturated rings. The molecular formula is C12H21NO. The van der Waals surface area contributed by atoms with E-state index in [0.29, 0.717) is 0 Å². The first-order chi connectivity index (χ1) is 6.97. The standard InChI is InChI=1S/C10H15NO.C2H6/c1-2-4-10(5-3-1)11-6-8-12-9-7-11;1-2/h2,4-5H,1,3,6-9H2;1-2H3. The SMILES string of the molecule is C1=CC(N2CCOCC2)=CCC1.CC. The van der Waals surface area contributed by atoms with Crippen LogP contribution in [0.15, 0.2) is 23.9 Å². The molecule has 1 saturated heterocycles. The molecule has 14 heavy (non-hydrogen) atoms. The molecule has 1 heterocycles. The van der Waals surface area contributed by atoms with E-state index in [1.54, 1.807) is 0 Å². The van der Waals surface area contributed by atoms with Gasteiger partial charge in [0.1, 0.15) is 0 Å². The molecule has 0 aromatic rings. The van der Waals surface area contributed by atoms with E-state index in [9.17, 15) is 0 Å². The van der Waals surface area contributed by atoms with E-state index >= 15 is 0 Å². The molecule has 0 radical (unpaired) electrons. The molecule has 0 amide bonds. The smallest absolute Gasteiger partial charge is 0.0642 e. The molecule has 2 aliphatic rings. The Morgan fingerprint density at radius 2 is 1.86 bits per heavy atom. The summed E-state index contributed by atoms with van der Waals surface area (Å²) in [6, 6.07) is 0. The second-order valence-corrected chi connectivity index (χ2v) is 3.21. The van der Waals surface area contributed by atoms with Gasteiger partial charge in [0.25, 0.3) is 0 Å². The molecule has 2 heteroatoms. The van der Waals surface area contributed by atoms with Crippen LogP contribution in [0.4, 0.5) is 0 Å². The Morgan fingerprint density at radius 1 is 1.14 bits per heavy atom. The monoisotopic (exact) mass is 195 g/mol. The Labute approximate surface area is 87.2 Å². The number of rotatable bonds is 1. The highest BCUT2D eigenvalue weighted by Crippen LogP contribution is 2.15. The van der Waals surface area contributed by atoms with Gasteiger partial charge in [-0.05, 0) is 18.9 Å². The zero-order chi connectivity index (χ0) is 10.2. The van der Waals surface area contributed by atoms with Gasteiger partial charge in [0, 0.05) is 18.8 Å². The third-order valence-corrected chi connectivity index (χ3v) is 2.35. The van der Waals surface area contributed by atoms with Crippen molar-refractivity contribution in [2.75, 3.05) is 26.3 Å². The molecule has 0 N–H and O–H groups in total. The summed E-state index contributed by atoms with van der Waals surface area (Å²) in [6.07, 6.45) is 9.21. The van der Waals surface area contributed by atoms with E-state index in [4.69, 9.17) is 4.74 Å². The van der Waals surface area contributed by atoms with Crippen molar-refractivity contribution in [3.8, 4) is 0 Å². The van der Waals surface area contributed by atoms with Crippen molar-refractivity contribution >= 4 is 0 Å². The lowest BCUT2D eigenvalue weighted by Gasteiger charge is -2.30. The van der Waals surface area contributed by atoms with Gasteiger partial charge < -0.3 is 9.64 Å². The molecule has 0 atom stereocenters. The minimum atomic E-state index is 0.880. The maximum Gasteiger partial charge on any atom is 0.0642 e. The molecule has 2 rings (SSSR count). The van der Waals surface area contributed by atoms with Crippen molar-refractivity contribution in [1.29, 1.82) is 0 Å². The Bertz CT molecular complexity index is 202. The molecule has 80 valence electrons. The van der Waals surface area contributed by atoms with Crippen LogP contribution in [0.25, 0.3) is 0 Å². The molecular weight excluding hydrogens is 174 g/mol. The number of morpholine rings is 1. The lowest BCUT2D eigenvalue weighted by atomic mass is 10.1. The molecule has 0 aromatic carbocycles. The van der Waals surface area contributed by atoms with Crippen LogP contribution >= 0.6 is 0 Å². The molecule has 1 aliphatic heterocycles. The third kappa shape index (κ3) is 3.18. The second-order valence-electron chi connectivity index (χ2n) is 3.21. The van der Waals surface area contributed by atoms with Crippen LogP contribution in [0.1, 0.15) is 26.7 Å². The number of allylic oxidation sites excluding steroid dienone is 3. The highest BCUT2D eigenvalue weighted by atomic mass is 16.5. The van der Waals surface area contributed by atoms with Crippen molar-refractivity contribution in [3.63, 3.8) is 0 Å². The van der Waals surface area contributed by atoms with Crippen LogP contribution in [0.5, 0.6) is 0 Å². The first kappa shape index (κ1) is 11.3. The van der Waals surface area contributed by atoms with Gasteiger partial charge in [-0.15, -0.1) is 0 Å².